The van der Waals surface area contributed by atoms with Gasteiger partial charge in [0.05, 0.1) is 6.04 Å². The monoisotopic (exact) mass is 259 g/mol. The van der Waals surface area contributed by atoms with E-state index >= 15 is 0 Å². The van der Waals surface area contributed by atoms with Crippen LogP contribution < -0.4 is 5.32 Å². The lowest BCUT2D eigenvalue weighted by atomic mass is 9.96. The number of hydrogen-bond donors (Lipinski definition) is 1. The number of rotatable bonds is 3. The van der Waals surface area contributed by atoms with E-state index in [0.29, 0.717) is 6.04 Å². The zero-order valence-corrected chi connectivity index (χ0v) is 11.3. The third kappa shape index (κ3) is 2.25. The molecule has 0 spiro atoms. The second-order valence-corrected chi connectivity index (χ2v) is 5.56. The smallest absolute Gasteiger partial charge is 0.133 e. The summed E-state index contributed by atoms with van der Waals surface area (Å²) in [6.07, 6.45) is 6.40. The van der Waals surface area contributed by atoms with Crippen molar-refractivity contribution in [3.8, 4) is 0 Å². The predicted molar refractivity (Wildman–Crippen MR) is 75.0 cm³/mol. The molecule has 4 heteroatoms. The van der Waals surface area contributed by atoms with Crippen molar-refractivity contribution in [3.05, 3.63) is 40.0 Å². The van der Waals surface area contributed by atoms with E-state index in [4.69, 9.17) is 0 Å². The lowest BCUT2D eigenvalue weighted by molar-refractivity contribution is 0.661. The molecule has 1 aliphatic carbocycles. The first-order valence-corrected chi connectivity index (χ1v) is 7.40. The standard InChI is InChI=1S/C14H17N3S/c1-10(11-6-7-18-8-11)17-14-12-4-2-3-5-13(12)15-9-16-14/h6-10H,2-5H2,1H3,(H,15,16,17). The van der Waals surface area contributed by atoms with E-state index in [2.05, 4.69) is 39.0 Å². The Bertz CT molecular complexity index is 522. The number of nitrogens with zero attached hydrogens (tertiary/aromatic N) is 2. The predicted octanol–water partition coefficient (Wildman–Crippen LogP) is 3.59. The number of anilines is 1. The van der Waals surface area contributed by atoms with Crippen LogP contribution in [0.15, 0.2) is 23.2 Å². The molecule has 0 aliphatic heterocycles. The van der Waals surface area contributed by atoms with Gasteiger partial charge in [0.15, 0.2) is 0 Å². The van der Waals surface area contributed by atoms with Gasteiger partial charge in [-0.05, 0) is 55.0 Å². The highest BCUT2D eigenvalue weighted by molar-refractivity contribution is 7.07. The fraction of sp³-hybridized carbons (Fsp3) is 0.429. The highest BCUT2D eigenvalue weighted by atomic mass is 32.1. The van der Waals surface area contributed by atoms with E-state index in [1.807, 2.05) is 0 Å². The largest absolute Gasteiger partial charge is 0.363 e. The Kier molecular flexibility index (Phi) is 3.28. The average molecular weight is 259 g/mol. The topological polar surface area (TPSA) is 37.8 Å². The molecule has 1 atom stereocenters. The Balaban J connectivity index is 1.84. The van der Waals surface area contributed by atoms with Gasteiger partial charge in [-0.3, -0.25) is 0 Å². The summed E-state index contributed by atoms with van der Waals surface area (Å²) in [5, 5.41) is 7.83. The van der Waals surface area contributed by atoms with Gasteiger partial charge in [0, 0.05) is 11.3 Å². The zero-order chi connectivity index (χ0) is 12.4. The van der Waals surface area contributed by atoms with Crippen molar-refractivity contribution in [2.24, 2.45) is 0 Å². The fourth-order valence-electron chi connectivity index (χ4n) is 2.46. The molecule has 2 aromatic heterocycles. The summed E-state index contributed by atoms with van der Waals surface area (Å²) in [6.45, 7) is 2.18. The minimum atomic E-state index is 0.303. The van der Waals surface area contributed by atoms with Gasteiger partial charge in [-0.2, -0.15) is 11.3 Å². The molecule has 2 heterocycles. The van der Waals surface area contributed by atoms with Gasteiger partial charge in [-0.15, -0.1) is 0 Å². The van der Waals surface area contributed by atoms with Crippen molar-refractivity contribution in [2.45, 2.75) is 38.6 Å². The van der Waals surface area contributed by atoms with E-state index in [1.54, 1.807) is 17.7 Å². The normalized spacial score (nSPS) is 16.1. The van der Waals surface area contributed by atoms with Gasteiger partial charge in [-0.1, -0.05) is 0 Å². The average Bonchev–Trinajstić information content (AvgIpc) is 2.93. The van der Waals surface area contributed by atoms with Gasteiger partial charge < -0.3 is 5.32 Å². The van der Waals surface area contributed by atoms with Crippen molar-refractivity contribution in [3.63, 3.8) is 0 Å². The van der Waals surface area contributed by atoms with E-state index in [0.717, 1.165) is 18.7 Å². The first-order valence-electron chi connectivity index (χ1n) is 6.46. The molecule has 0 saturated carbocycles. The van der Waals surface area contributed by atoms with Gasteiger partial charge in [-0.25, -0.2) is 9.97 Å². The summed E-state index contributed by atoms with van der Waals surface area (Å²) < 4.78 is 0. The molecule has 0 amide bonds. The third-order valence-electron chi connectivity index (χ3n) is 3.52. The molecule has 0 aromatic carbocycles. The molecule has 94 valence electrons. The van der Waals surface area contributed by atoms with Gasteiger partial charge in [0.25, 0.3) is 0 Å². The minimum absolute atomic E-state index is 0.303. The molecule has 3 nitrogen and oxygen atoms in total. The van der Waals surface area contributed by atoms with Gasteiger partial charge in [0.2, 0.25) is 0 Å². The molecular formula is C14H17N3S. The summed E-state index contributed by atoms with van der Waals surface area (Å²) >= 11 is 1.73. The highest BCUT2D eigenvalue weighted by Gasteiger charge is 2.17. The van der Waals surface area contributed by atoms with Gasteiger partial charge >= 0.3 is 0 Å². The van der Waals surface area contributed by atoms with Crippen LogP contribution in [-0.4, -0.2) is 9.97 Å². The van der Waals surface area contributed by atoms with Crippen LogP contribution >= 0.6 is 11.3 Å². The molecule has 18 heavy (non-hydrogen) atoms. The van der Waals surface area contributed by atoms with Crippen molar-refractivity contribution in [1.82, 2.24) is 9.97 Å². The maximum atomic E-state index is 4.42. The number of thiophene rings is 1. The van der Waals surface area contributed by atoms with Gasteiger partial charge in [0.1, 0.15) is 12.1 Å². The van der Waals surface area contributed by atoms with Crippen LogP contribution in [0.5, 0.6) is 0 Å². The molecule has 0 radical (unpaired) electrons. The van der Waals surface area contributed by atoms with Crippen LogP contribution in [0.1, 0.15) is 42.6 Å². The zero-order valence-electron chi connectivity index (χ0n) is 10.5. The summed E-state index contributed by atoms with van der Waals surface area (Å²) in [4.78, 5) is 8.82. The molecule has 2 aromatic rings. The first kappa shape index (κ1) is 11.7. The SMILES string of the molecule is CC(Nc1ncnc2c1CCCC2)c1ccsc1. The van der Waals surface area contributed by atoms with Crippen LogP contribution in [0.2, 0.25) is 0 Å². The Hall–Kier alpha value is -1.42. The molecule has 1 N–H and O–H groups in total. The maximum Gasteiger partial charge on any atom is 0.133 e. The number of fused-ring (bicyclic) bond motifs is 1. The van der Waals surface area contributed by atoms with E-state index in [1.165, 1.54) is 29.7 Å². The van der Waals surface area contributed by atoms with Crippen LogP contribution in [-0.2, 0) is 12.8 Å². The van der Waals surface area contributed by atoms with Crippen molar-refractivity contribution in [2.75, 3.05) is 5.32 Å². The number of hydrogen-bond acceptors (Lipinski definition) is 4. The molecule has 0 saturated heterocycles. The Morgan fingerprint density at radius 2 is 2.17 bits per heavy atom. The summed E-state index contributed by atoms with van der Waals surface area (Å²) in [6, 6.07) is 2.47. The van der Waals surface area contributed by atoms with Crippen molar-refractivity contribution in [1.29, 1.82) is 0 Å². The quantitative estimate of drug-likeness (QED) is 0.915. The van der Waals surface area contributed by atoms with Crippen molar-refractivity contribution < 1.29 is 0 Å². The van der Waals surface area contributed by atoms with E-state index < -0.39 is 0 Å². The second kappa shape index (κ2) is 5.06. The van der Waals surface area contributed by atoms with Crippen molar-refractivity contribution >= 4 is 17.2 Å². The Labute approximate surface area is 111 Å². The molecule has 1 unspecified atom stereocenters. The minimum Gasteiger partial charge on any atom is -0.363 e. The lowest BCUT2D eigenvalue weighted by Gasteiger charge is -2.20. The fourth-order valence-corrected chi connectivity index (χ4v) is 3.21. The molecule has 1 aliphatic rings. The number of aryl methyl sites for hydroxylation is 1. The second-order valence-electron chi connectivity index (χ2n) is 4.78. The number of nitrogens with one attached hydrogen (secondary N) is 1. The Morgan fingerprint density at radius 1 is 1.28 bits per heavy atom. The van der Waals surface area contributed by atoms with Crippen LogP contribution in [0.25, 0.3) is 0 Å². The van der Waals surface area contributed by atoms with E-state index in [-0.39, 0.29) is 0 Å². The summed E-state index contributed by atoms with van der Waals surface area (Å²) in [5.41, 5.74) is 3.88. The maximum absolute atomic E-state index is 4.42. The number of aromatic nitrogens is 2. The summed E-state index contributed by atoms with van der Waals surface area (Å²) in [5.74, 6) is 1.03. The Morgan fingerprint density at radius 3 is 3.00 bits per heavy atom. The van der Waals surface area contributed by atoms with Crippen LogP contribution in [0.3, 0.4) is 0 Å². The molecule has 0 fully saturated rings. The highest BCUT2D eigenvalue weighted by Crippen LogP contribution is 2.27. The molecule has 3 rings (SSSR count). The summed E-state index contributed by atoms with van der Waals surface area (Å²) in [7, 11) is 0. The lowest BCUT2D eigenvalue weighted by Crippen LogP contribution is -2.14. The van der Waals surface area contributed by atoms with E-state index in [9.17, 15) is 0 Å². The third-order valence-corrected chi connectivity index (χ3v) is 4.22. The first-order chi connectivity index (χ1) is 8.84. The van der Waals surface area contributed by atoms with Crippen LogP contribution in [0, 0.1) is 0 Å². The molecular weight excluding hydrogens is 242 g/mol. The molecule has 0 bridgehead atoms. The van der Waals surface area contributed by atoms with Crippen LogP contribution in [0.4, 0.5) is 5.82 Å².